The van der Waals surface area contributed by atoms with Gasteiger partial charge in [-0.15, -0.1) is 0 Å². The Bertz CT molecular complexity index is 361. The standard InChI is InChI=1S/C15H25N3/c1-4-12(2)15-11-18(8-7-16-15)10-14-6-5-13(3)17-9-14/h5-6,9,12,15-16H,4,7-8,10-11H2,1-3H3/t12-,15+/m0/s1. The Kier molecular flexibility index (Phi) is 4.72. The molecule has 1 aliphatic rings. The molecule has 2 heterocycles. The van der Waals surface area contributed by atoms with Gasteiger partial charge in [-0.25, -0.2) is 0 Å². The van der Waals surface area contributed by atoms with Crippen molar-refractivity contribution >= 4 is 0 Å². The molecule has 18 heavy (non-hydrogen) atoms. The minimum absolute atomic E-state index is 0.641. The summed E-state index contributed by atoms with van der Waals surface area (Å²) in [7, 11) is 0. The maximum Gasteiger partial charge on any atom is 0.0372 e. The van der Waals surface area contributed by atoms with Crippen molar-refractivity contribution in [3.63, 3.8) is 0 Å². The zero-order valence-electron chi connectivity index (χ0n) is 11.8. The predicted molar refractivity (Wildman–Crippen MR) is 75.5 cm³/mol. The minimum Gasteiger partial charge on any atom is -0.311 e. The van der Waals surface area contributed by atoms with Gasteiger partial charge in [-0.2, -0.15) is 0 Å². The van der Waals surface area contributed by atoms with E-state index in [1.807, 2.05) is 13.1 Å². The van der Waals surface area contributed by atoms with Crippen LogP contribution in [0.3, 0.4) is 0 Å². The molecule has 1 aliphatic heterocycles. The third kappa shape index (κ3) is 3.53. The fourth-order valence-electron chi connectivity index (χ4n) is 2.50. The molecule has 1 aromatic rings. The van der Waals surface area contributed by atoms with Gasteiger partial charge in [0.05, 0.1) is 0 Å². The first kappa shape index (κ1) is 13.5. The van der Waals surface area contributed by atoms with E-state index in [0.29, 0.717) is 6.04 Å². The van der Waals surface area contributed by atoms with Gasteiger partial charge in [-0.1, -0.05) is 26.3 Å². The van der Waals surface area contributed by atoms with E-state index in [2.05, 4.69) is 41.2 Å². The number of hydrogen-bond acceptors (Lipinski definition) is 3. The molecule has 3 heteroatoms. The summed E-state index contributed by atoms with van der Waals surface area (Å²) in [6, 6.07) is 4.94. The van der Waals surface area contributed by atoms with Crippen molar-refractivity contribution in [2.75, 3.05) is 19.6 Å². The molecule has 0 amide bonds. The molecule has 0 aromatic carbocycles. The third-order valence-corrected chi connectivity index (χ3v) is 4.00. The van der Waals surface area contributed by atoms with Gasteiger partial charge < -0.3 is 5.32 Å². The second-order valence-electron chi connectivity index (χ2n) is 5.49. The Morgan fingerprint density at radius 3 is 3.00 bits per heavy atom. The maximum absolute atomic E-state index is 4.37. The van der Waals surface area contributed by atoms with Gasteiger partial charge in [0.25, 0.3) is 0 Å². The first-order chi connectivity index (χ1) is 8.69. The van der Waals surface area contributed by atoms with E-state index in [1.165, 1.54) is 12.0 Å². The predicted octanol–water partition coefficient (Wildman–Crippen LogP) is 2.21. The van der Waals surface area contributed by atoms with Crippen molar-refractivity contribution in [2.45, 2.75) is 39.8 Å². The molecular formula is C15H25N3. The quantitative estimate of drug-likeness (QED) is 0.884. The number of nitrogens with one attached hydrogen (secondary N) is 1. The summed E-state index contributed by atoms with van der Waals surface area (Å²) in [5.74, 6) is 0.754. The van der Waals surface area contributed by atoms with Crippen LogP contribution in [0, 0.1) is 12.8 Å². The first-order valence-corrected chi connectivity index (χ1v) is 7.06. The summed E-state index contributed by atoms with van der Waals surface area (Å²) < 4.78 is 0. The van der Waals surface area contributed by atoms with Crippen LogP contribution < -0.4 is 5.32 Å². The van der Waals surface area contributed by atoms with Gasteiger partial charge in [0.15, 0.2) is 0 Å². The number of aromatic nitrogens is 1. The summed E-state index contributed by atoms with van der Waals surface area (Å²) >= 11 is 0. The largest absolute Gasteiger partial charge is 0.311 e. The smallest absolute Gasteiger partial charge is 0.0372 e. The Labute approximate surface area is 111 Å². The highest BCUT2D eigenvalue weighted by atomic mass is 15.2. The van der Waals surface area contributed by atoms with Crippen LogP contribution in [0.25, 0.3) is 0 Å². The number of piperazine rings is 1. The van der Waals surface area contributed by atoms with E-state index in [4.69, 9.17) is 0 Å². The summed E-state index contributed by atoms with van der Waals surface area (Å²) in [5.41, 5.74) is 2.42. The summed E-state index contributed by atoms with van der Waals surface area (Å²) in [5, 5.41) is 3.64. The summed E-state index contributed by atoms with van der Waals surface area (Å²) in [6.07, 6.45) is 3.26. The highest BCUT2D eigenvalue weighted by Gasteiger charge is 2.22. The molecule has 0 unspecified atom stereocenters. The van der Waals surface area contributed by atoms with Crippen LogP contribution in [0.5, 0.6) is 0 Å². The molecule has 0 aliphatic carbocycles. The lowest BCUT2D eigenvalue weighted by molar-refractivity contribution is 0.162. The molecule has 1 aromatic heterocycles. The molecule has 1 N–H and O–H groups in total. The molecule has 0 radical (unpaired) electrons. The molecule has 2 atom stereocenters. The van der Waals surface area contributed by atoms with Gasteiger partial charge in [0.1, 0.15) is 0 Å². The van der Waals surface area contributed by atoms with Crippen LogP contribution in [-0.4, -0.2) is 35.6 Å². The third-order valence-electron chi connectivity index (χ3n) is 4.00. The highest BCUT2D eigenvalue weighted by Crippen LogP contribution is 2.14. The molecule has 100 valence electrons. The molecule has 1 fully saturated rings. The van der Waals surface area contributed by atoms with E-state index >= 15 is 0 Å². The Morgan fingerprint density at radius 2 is 2.33 bits per heavy atom. The van der Waals surface area contributed by atoms with Crippen molar-refractivity contribution in [3.8, 4) is 0 Å². The van der Waals surface area contributed by atoms with Gasteiger partial charge in [0.2, 0.25) is 0 Å². The Balaban J connectivity index is 1.91. The van der Waals surface area contributed by atoms with Crippen LogP contribution in [0.2, 0.25) is 0 Å². The number of nitrogens with zero attached hydrogens (tertiary/aromatic N) is 2. The fraction of sp³-hybridized carbons (Fsp3) is 0.667. The zero-order valence-corrected chi connectivity index (χ0v) is 11.8. The van der Waals surface area contributed by atoms with Crippen LogP contribution in [0.4, 0.5) is 0 Å². The van der Waals surface area contributed by atoms with Crippen molar-refractivity contribution in [1.82, 2.24) is 15.2 Å². The average Bonchev–Trinajstić information content (AvgIpc) is 2.41. The molecular weight excluding hydrogens is 222 g/mol. The van der Waals surface area contributed by atoms with E-state index in [0.717, 1.165) is 37.8 Å². The van der Waals surface area contributed by atoms with Crippen LogP contribution in [0.1, 0.15) is 31.5 Å². The second-order valence-corrected chi connectivity index (χ2v) is 5.49. The SMILES string of the molecule is CC[C@H](C)[C@H]1CN(Cc2ccc(C)nc2)CCN1. The number of pyridine rings is 1. The lowest BCUT2D eigenvalue weighted by Crippen LogP contribution is -2.52. The number of aryl methyl sites for hydroxylation is 1. The van der Waals surface area contributed by atoms with Crippen LogP contribution >= 0.6 is 0 Å². The molecule has 0 spiro atoms. The monoisotopic (exact) mass is 247 g/mol. The second kappa shape index (κ2) is 6.30. The van der Waals surface area contributed by atoms with Gasteiger partial charge >= 0.3 is 0 Å². The molecule has 0 bridgehead atoms. The van der Waals surface area contributed by atoms with E-state index in [-0.39, 0.29) is 0 Å². The first-order valence-electron chi connectivity index (χ1n) is 7.06. The van der Waals surface area contributed by atoms with Crippen molar-refractivity contribution < 1.29 is 0 Å². The molecule has 2 rings (SSSR count). The van der Waals surface area contributed by atoms with E-state index in [9.17, 15) is 0 Å². The maximum atomic E-state index is 4.37. The highest BCUT2D eigenvalue weighted by molar-refractivity contribution is 5.13. The number of hydrogen-bond donors (Lipinski definition) is 1. The molecule has 3 nitrogen and oxygen atoms in total. The van der Waals surface area contributed by atoms with E-state index < -0.39 is 0 Å². The van der Waals surface area contributed by atoms with Gasteiger partial charge in [-0.3, -0.25) is 9.88 Å². The lowest BCUT2D eigenvalue weighted by atomic mass is 9.97. The van der Waals surface area contributed by atoms with Crippen LogP contribution in [-0.2, 0) is 6.54 Å². The lowest BCUT2D eigenvalue weighted by Gasteiger charge is -2.36. The van der Waals surface area contributed by atoms with Gasteiger partial charge in [-0.05, 0) is 24.5 Å². The Hall–Kier alpha value is -0.930. The van der Waals surface area contributed by atoms with Crippen molar-refractivity contribution in [1.29, 1.82) is 0 Å². The average molecular weight is 247 g/mol. The van der Waals surface area contributed by atoms with E-state index in [1.54, 1.807) is 0 Å². The zero-order chi connectivity index (χ0) is 13.0. The van der Waals surface area contributed by atoms with Crippen molar-refractivity contribution in [2.24, 2.45) is 5.92 Å². The van der Waals surface area contributed by atoms with Crippen LogP contribution in [0.15, 0.2) is 18.3 Å². The topological polar surface area (TPSA) is 28.2 Å². The normalized spacial score (nSPS) is 22.9. The van der Waals surface area contributed by atoms with Crippen molar-refractivity contribution in [3.05, 3.63) is 29.6 Å². The van der Waals surface area contributed by atoms with Gasteiger partial charge in [0, 0.05) is 44.1 Å². The summed E-state index contributed by atoms with van der Waals surface area (Å²) in [4.78, 5) is 6.91. The molecule has 1 saturated heterocycles. The Morgan fingerprint density at radius 1 is 1.50 bits per heavy atom. The number of rotatable bonds is 4. The summed E-state index contributed by atoms with van der Waals surface area (Å²) in [6.45, 7) is 11.1. The fourth-order valence-corrected chi connectivity index (χ4v) is 2.50. The minimum atomic E-state index is 0.641. The molecule has 0 saturated carbocycles.